The maximum atomic E-state index is 12.4. The number of nitrogens with one attached hydrogen (secondary N) is 1. The number of esters is 1. The van der Waals surface area contributed by atoms with Crippen molar-refractivity contribution in [1.82, 2.24) is 0 Å². The Bertz CT molecular complexity index is 1230. The summed E-state index contributed by atoms with van der Waals surface area (Å²) >= 11 is 6.14. The highest BCUT2D eigenvalue weighted by molar-refractivity contribution is 7.92. The number of halogens is 1. The molecule has 9 heteroatoms. The Morgan fingerprint density at radius 2 is 1.96 bits per heavy atom. The number of hydrogen-bond acceptors (Lipinski definition) is 6. The molecular formula is C19H16ClNO6S. The molecule has 0 fully saturated rings. The van der Waals surface area contributed by atoms with Crippen molar-refractivity contribution in [2.45, 2.75) is 13.5 Å². The number of rotatable bonds is 5. The van der Waals surface area contributed by atoms with Crippen LogP contribution >= 0.6 is 11.6 Å². The van der Waals surface area contributed by atoms with Crippen LogP contribution in [0.1, 0.15) is 21.5 Å². The number of anilines is 1. The first-order valence-corrected chi connectivity index (χ1v) is 10.4. The van der Waals surface area contributed by atoms with Crippen molar-refractivity contribution in [3.8, 4) is 0 Å². The zero-order valence-corrected chi connectivity index (χ0v) is 16.6. The van der Waals surface area contributed by atoms with Gasteiger partial charge in [0.15, 0.2) is 0 Å². The van der Waals surface area contributed by atoms with Gasteiger partial charge < -0.3 is 9.15 Å². The first kappa shape index (κ1) is 19.9. The molecule has 0 aliphatic rings. The van der Waals surface area contributed by atoms with E-state index in [0.29, 0.717) is 21.6 Å². The maximum absolute atomic E-state index is 12.4. The predicted molar refractivity (Wildman–Crippen MR) is 106 cm³/mol. The van der Waals surface area contributed by atoms with Gasteiger partial charge in [0.25, 0.3) is 0 Å². The van der Waals surface area contributed by atoms with Crippen LogP contribution in [0.5, 0.6) is 0 Å². The van der Waals surface area contributed by atoms with Crippen LogP contribution in [0.25, 0.3) is 11.0 Å². The largest absolute Gasteiger partial charge is 0.457 e. The van der Waals surface area contributed by atoms with Crippen LogP contribution in [0, 0.1) is 6.92 Å². The minimum atomic E-state index is -3.47. The summed E-state index contributed by atoms with van der Waals surface area (Å²) in [6.45, 7) is 1.61. The number of sulfonamides is 1. The lowest BCUT2D eigenvalue weighted by molar-refractivity contribution is 0.0474. The number of benzene rings is 2. The van der Waals surface area contributed by atoms with Crippen LogP contribution in [0.4, 0.5) is 5.69 Å². The van der Waals surface area contributed by atoms with Crippen LogP contribution in [-0.2, 0) is 21.4 Å². The third-order valence-electron chi connectivity index (χ3n) is 3.87. The zero-order valence-electron chi connectivity index (χ0n) is 15.0. The molecule has 0 spiro atoms. The molecule has 0 radical (unpaired) electrons. The van der Waals surface area contributed by atoms with Gasteiger partial charge in [-0.05, 0) is 42.8 Å². The van der Waals surface area contributed by atoms with E-state index in [1.54, 1.807) is 19.1 Å². The summed E-state index contributed by atoms with van der Waals surface area (Å²) in [4.78, 5) is 24.1. The topological polar surface area (TPSA) is 103 Å². The fourth-order valence-corrected chi connectivity index (χ4v) is 3.34. The van der Waals surface area contributed by atoms with E-state index in [-0.39, 0.29) is 17.9 Å². The monoisotopic (exact) mass is 421 g/mol. The molecule has 3 aromatic rings. The third kappa shape index (κ3) is 4.71. The van der Waals surface area contributed by atoms with Crippen molar-refractivity contribution in [3.63, 3.8) is 0 Å². The Morgan fingerprint density at radius 3 is 2.68 bits per heavy atom. The van der Waals surface area contributed by atoms with Crippen molar-refractivity contribution in [1.29, 1.82) is 0 Å². The van der Waals surface area contributed by atoms with Gasteiger partial charge in [0, 0.05) is 27.7 Å². The summed E-state index contributed by atoms with van der Waals surface area (Å²) in [5, 5.41) is 1.06. The van der Waals surface area contributed by atoms with Gasteiger partial charge in [0.1, 0.15) is 12.2 Å². The van der Waals surface area contributed by atoms with Gasteiger partial charge in [-0.3, -0.25) is 4.72 Å². The van der Waals surface area contributed by atoms with Gasteiger partial charge in [-0.15, -0.1) is 0 Å². The van der Waals surface area contributed by atoms with E-state index in [4.69, 9.17) is 20.8 Å². The Kier molecular flexibility index (Phi) is 5.44. The van der Waals surface area contributed by atoms with E-state index in [2.05, 4.69) is 4.72 Å². The number of hydrogen-bond donors (Lipinski definition) is 1. The maximum Gasteiger partial charge on any atom is 0.338 e. The fraction of sp³-hybridized carbons (Fsp3) is 0.158. The summed E-state index contributed by atoms with van der Waals surface area (Å²) in [5.41, 5.74) is 1.38. The number of ether oxygens (including phenoxy) is 1. The van der Waals surface area contributed by atoms with E-state index in [1.807, 2.05) is 0 Å². The zero-order chi connectivity index (χ0) is 20.5. The second-order valence-corrected chi connectivity index (χ2v) is 8.38. The average Bonchev–Trinajstić information content (AvgIpc) is 2.59. The second kappa shape index (κ2) is 7.65. The van der Waals surface area contributed by atoms with E-state index in [9.17, 15) is 18.0 Å². The third-order valence-corrected chi connectivity index (χ3v) is 4.88. The van der Waals surface area contributed by atoms with Gasteiger partial charge in [-0.25, -0.2) is 18.0 Å². The summed E-state index contributed by atoms with van der Waals surface area (Å²) in [5.74, 6) is -0.670. The molecule has 3 rings (SSSR count). The molecule has 1 aromatic heterocycles. The molecule has 0 saturated carbocycles. The summed E-state index contributed by atoms with van der Waals surface area (Å²) in [7, 11) is -3.47. The predicted octanol–water partition coefficient (Wildman–Crippen LogP) is 3.48. The Balaban J connectivity index is 1.85. The number of fused-ring (bicyclic) bond motifs is 1. The lowest BCUT2D eigenvalue weighted by Crippen LogP contribution is -2.11. The highest BCUT2D eigenvalue weighted by atomic mass is 35.5. The minimum Gasteiger partial charge on any atom is -0.457 e. The Labute approximate surface area is 165 Å². The number of aryl methyl sites for hydroxylation is 1. The highest BCUT2D eigenvalue weighted by Crippen LogP contribution is 2.25. The van der Waals surface area contributed by atoms with E-state index < -0.39 is 21.6 Å². The highest BCUT2D eigenvalue weighted by Gasteiger charge is 2.13. The quantitative estimate of drug-likeness (QED) is 0.499. The molecule has 0 bridgehead atoms. The van der Waals surface area contributed by atoms with Crippen LogP contribution in [0.15, 0.2) is 51.7 Å². The molecule has 2 aromatic carbocycles. The van der Waals surface area contributed by atoms with Gasteiger partial charge >= 0.3 is 11.6 Å². The molecule has 1 N–H and O–H groups in total. The lowest BCUT2D eigenvalue weighted by atomic mass is 10.1. The molecule has 146 valence electrons. The second-order valence-electron chi connectivity index (χ2n) is 6.22. The molecule has 0 atom stereocenters. The number of carbonyl (C=O) groups excluding carboxylic acids is 1. The first-order valence-electron chi connectivity index (χ1n) is 8.10. The van der Waals surface area contributed by atoms with Crippen LogP contribution in [0.2, 0.25) is 5.02 Å². The van der Waals surface area contributed by atoms with Gasteiger partial charge in [-0.2, -0.15) is 0 Å². The molecule has 0 amide bonds. The molecule has 0 aliphatic heterocycles. The molecule has 28 heavy (non-hydrogen) atoms. The van der Waals surface area contributed by atoms with Crippen molar-refractivity contribution in [2.75, 3.05) is 11.0 Å². The fourth-order valence-electron chi connectivity index (χ4n) is 2.62. The van der Waals surface area contributed by atoms with E-state index in [0.717, 1.165) is 11.8 Å². The molecule has 0 saturated heterocycles. The summed E-state index contributed by atoms with van der Waals surface area (Å²) < 4.78 is 35.4. The summed E-state index contributed by atoms with van der Waals surface area (Å²) in [6.07, 6.45) is 1.01. The Morgan fingerprint density at radius 1 is 1.21 bits per heavy atom. The molecular weight excluding hydrogens is 406 g/mol. The standard InChI is InChI=1S/C19H16ClNO6S/c1-11-6-17-15(9-16(11)20)13(8-18(22)27-17)10-26-19(23)12-4-3-5-14(7-12)21-28(2,24)25/h3-9,21H,10H2,1-2H3. The molecule has 0 unspecified atom stereocenters. The van der Waals surface area contributed by atoms with Crippen molar-refractivity contribution in [3.05, 3.63) is 74.6 Å². The normalized spacial score (nSPS) is 11.4. The smallest absolute Gasteiger partial charge is 0.338 e. The van der Waals surface area contributed by atoms with Crippen molar-refractivity contribution >= 4 is 44.3 Å². The SMILES string of the molecule is Cc1cc2oc(=O)cc(COC(=O)c3cccc(NS(C)(=O)=O)c3)c2cc1Cl. The van der Waals surface area contributed by atoms with Gasteiger partial charge in [-0.1, -0.05) is 17.7 Å². The van der Waals surface area contributed by atoms with Crippen molar-refractivity contribution in [2.24, 2.45) is 0 Å². The van der Waals surface area contributed by atoms with E-state index in [1.165, 1.54) is 30.3 Å². The molecule has 7 nitrogen and oxygen atoms in total. The lowest BCUT2D eigenvalue weighted by Gasteiger charge is -2.09. The van der Waals surface area contributed by atoms with Crippen LogP contribution in [0.3, 0.4) is 0 Å². The number of carbonyl (C=O) groups is 1. The first-order chi connectivity index (χ1) is 13.1. The van der Waals surface area contributed by atoms with Crippen molar-refractivity contribution < 1.29 is 22.4 Å². The van der Waals surface area contributed by atoms with E-state index >= 15 is 0 Å². The average molecular weight is 422 g/mol. The minimum absolute atomic E-state index is 0.162. The summed E-state index contributed by atoms with van der Waals surface area (Å²) in [6, 6.07) is 10.4. The van der Waals surface area contributed by atoms with Gasteiger partial charge in [0.05, 0.1) is 11.8 Å². The van der Waals surface area contributed by atoms with Gasteiger partial charge in [0.2, 0.25) is 10.0 Å². The van der Waals surface area contributed by atoms with Crippen LogP contribution in [-0.4, -0.2) is 20.6 Å². The van der Waals surface area contributed by atoms with Crippen LogP contribution < -0.4 is 10.3 Å². The molecule has 0 aliphatic carbocycles. The Hall–Kier alpha value is -2.84. The molecule has 1 heterocycles.